The maximum absolute atomic E-state index is 11.5. The Bertz CT molecular complexity index is 371. The van der Waals surface area contributed by atoms with Crippen LogP contribution in [0.3, 0.4) is 0 Å². The second-order valence-electron chi connectivity index (χ2n) is 6.42. The molecule has 0 amide bonds. The largest absolute Gasteiger partial charge is 0.313 e. The summed E-state index contributed by atoms with van der Waals surface area (Å²) < 4.78 is 23.1. The summed E-state index contributed by atoms with van der Waals surface area (Å²) in [6.07, 6.45) is 7.20. The van der Waals surface area contributed by atoms with Crippen LogP contribution in [0.5, 0.6) is 0 Å². The van der Waals surface area contributed by atoms with Crippen LogP contribution in [-0.4, -0.2) is 32.5 Å². The Balaban J connectivity index is 1.77. The summed E-state index contributed by atoms with van der Waals surface area (Å²) in [5.74, 6) is 1.48. The molecule has 2 aliphatic rings. The Morgan fingerprint density at radius 1 is 1.22 bits per heavy atom. The van der Waals surface area contributed by atoms with Crippen LogP contribution >= 0.6 is 0 Å². The van der Waals surface area contributed by atoms with E-state index in [2.05, 4.69) is 12.2 Å². The first kappa shape index (κ1) is 14.3. The first-order valence-electron chi connectivity index (χ1n) is 7.39. The molecule has 1 unspecified atom stereocenters. The van der Waals surface area contributed by atoms with Crippen LogP contribution in [0.1, 0.15) is 52.4 Å². The van der Waals surface area contributed by atoms with Gasteiger partial charge in [-0.05, 0) is 49.9 Å². The Kier molecular flexibility index (Phi) is 4.37. The van der Waals surface area contributed by atoms with E-state index in [1.807, 2.05) is 0 Å². The predicted octanol–water partition coefficient (Wildman–Crippen LogP) is 2.37. The molecule has 2 saturated carbocycles. The minimum Gasteiger partial charge on any atom is -0.313 e. The molecule has 0 heterocycles. The number of sulfone groups is 1. The van der Waals surface area contributed by atoms with Crippen molar-refractivity contribution in [1.82, 2.24) is 5.32 Å². The quantitative estimate of drug-likeness (QED) is 0.701. The van der Waals surface area contributed by atoms with Crippen molar-refractivity contribution in [2.24, 2.45) is 11.3 Å². The SMILES string of the molecule is CCS(=O)(=O)CCCC(C)(CNC1CC1)C1CC1. The lowest BCUT2D eigenvalue weighted by Gasteiger charge is -2.30. The highest BCUT2D eigenvalue weighted by Gasteiger charge is 2.41. The molecule has 18 heavy (non-hydrogen) atoms. The van der Waals surface area contributed by atoms with Crippen molar-refractivity contribution in [3.05, 3.63) is 0 Å². The molecule has 4 heteroatoms. The fourth-order valence-corrected chi connectivity index (χ4v) is 3.60. The van der Waals surface area contributed by atoms with Crippen LogP contribution in [0.25, 0.3) is 0 Å². The molecule has 3 nitrogen and oxygen atoms in total. The molecular weight excluding hydrogens is 246 g/mol. The van der Waals surface area contributed by atoms with Gasteiger partial charge in [0.15, 0.2) is 0 Å². The summed E-state index contributed by atoms with van der Waals surface area (Å²) in [4.78, 5) is 0. The molecular formula is C14H27NO2S. The van der Waals surface area contributed by atoms with E-state index in [1.54, 1.807) is 6.92 Å². The van der Waals surface area contributed by atoms with Crippen molar-refractivity contribution in [1.29, 1.82) is 0 Å². The Morgan fingerprint density at radius 3 is 2.39 bits per heavy atom. The first-order chi connectivity index (χ1) is 8.45. The molecule has 2 rings (SSSR count). The lowest BCUT2D eigenvalue weighted by atomic mass is 9.80. The highest BCUT2D eigenvalue weighted by Crippen LogP contribution is 2.48. The standard InChI is InChI=1S/C14H27NO2S/c1-3-18(16,17)10-4-9-14(2,12-5-6-12)11-15-13-7-8-13/h12-13,15H,3-11H2,1-2H3. The third-order valence-electron chi connectivity index (χ3n) is 4.58. The van der Waals surface area contributed by atoms with Gasteiger partial charge in [0.25, 0.3) is 0 Å². The van der Waals surface area contributed by atoms with E-state index in [-0.39, 0.29) is 5.75 Å². The molecule has 0 aromatic carbocycles. The van der Waals surface area contributed by atoms with E-state index < -0.39 is 9.84 Å². The smallest absolute Gasteiger partial charge is 0.150 e. The molecule has 0 spiro atoms. The summed E-state index contributed by atoms with van der Waals surface area (Å²) in [7, 11) is -2.79. The molecule has 0 aromatic heterocycles. The van der Waals surface area contributed by atoms with Gasteiger partial charge in [-0.2, -0.15) is 0 Å². The summed E-state index contributed by atoms with van der Waals surface area (Å²) >= 11 is 0. The minimum absolute atomic E-state index is 0.285. The van der Waals surface area contributed by atoms with Crippen molar-refractivity contribution in [2.45, 2.75) is 58.4 Å². The van der Waals surface area contributed by atoms with Crippen molar-refractivity contribution >= 4 is 9.84 Å². The second kappa shape index (κ2) is 5.49. The molecule has 1 atom stereocenters. The van der Waals surface area contributed by atoms with Crippen LogP contribution in [0.2, 0.25) is 0 Å². The molecule has 0 aliphatic heterocycles. The number of nitrogens with one attached hydrogen (secondary N) is 1. The summed E-state index contributed by atoms with van der Waals surface area (Å²) in [5.41, 5.74) is 0.325. The van der Waals surface area contributed by atoms with Gasteiger partial charge < -0.3 is 5.32 Å². The van der Waals surface area contributed by atoms with Gasteiger partial charge in [-0.25, -0.2) is 8.42 Å². The average molecular weight is 273 g/mol. The fraction of sp³-hybridized carbons (Fsp3) is 1.00. The lowest BCUT2D eigenvalue weighted by molar-refractivity contribution is 0.234. The topological polar surface area (TPSA) is 46.2 Å². The van der Waals surface area contributed by atoms with E-state index in [4.69, 9.17) is 0 Å². The van der Waals surface area contributed by atoms with Crippen molar-refractivity contribution < 1.29 is 8.42 Å². The number of rotatable bonds is 9. The average Bonchev–Trinajstić information content (AvgIpc) is 3.18. The zero-order valence-electron chi connectivity index (χ0n) is 11.7. The van der Waals surface area contributed by atoms with Gasteiger partial charge in [-0.1, -0.05) is 13.8 Å². The zero-order valence-corrected chi connectivity index (χ0v) is 12.6. The number of hydrogen-bond acceptors (Lipinski definition) is 3. The molecule has 0 aromatic rings. The second-order valence-corrected chi connectivity index (χ2v) is 8.90. The van der Waals surface area contributed by atoms with E-state index in [9.17, 15) is 8.42 Å². The molecule has 0 saturated heterocycles. The van der Waals surface area contributed by atoms with Crippen LogP contribution in [0, 0.1) is 11.3 Å². The molecule has 0 bridgehead atoms. The summed E-state index contributed by atoms with van der Waals surface area (Å²) in [5, 5.41) is 3.63. The highest BCUT2D eigenvalue weighted by atomic mass is 32.2. The molecule has 106 valence electrons. The summed E-state index contributed by atoms with van der Waals surface area (Å²) in [6.45, 7) is 5.16. The van der Waals surface area contributed by atoms with E-state index >= 15 is 0 Å². The van der Waals surface area contributed by atoms with Gasteiger partial charge in [0.1, 0.15) is 9.84 Å². The van der Waals surface area contributed by atoms with Gasteiger partial charge in [0.2, 0.25) is 0 Å². The van der Waals surface area contributed by atoms with Gasteiger partial charge >= 0.3 is 0 Å². The minimum atomic E-state index is -2.79. The Labute approximate surface area is 112 Å². The van der Waals surface area contributed by atoms with Gasteiger partial charge in [-0.15, -0.1) is 0 Å². The van der Waals surface area contributed by atoms with Crippen molar-refractivity contribution in [3.8, 4) is 0 Å². The van der Waals surface area contributed by atoms with Crippen molar-refractivity contribution in [2.75, 3.05) is 18.1 Å². The lowest BCUT2D eigenvalue weighted by Crippen LogP contribution is -2.35. The monoisotopic (exact) mass is 273 g/mol. The molecule has 0 radical (unpaired) electrons. The van der Waals surface area contributed by atoms with Crippen LogP contribution in [-0.2, 0) is 9.84 Å². The van der Waals surface area contributed by atoms with Crippen LogP contribution < -0.4 is 5.32 Å². The predicted molar refractivity (Wildman–Crippen MR) is 75.4 cm³/mol. The van der Waals surface area contributed by atoms with Gasteiger partial charge in [-0.3, -0.25) is 0 Å². The first-order valence-corrected chi connectivity index (χ1v) is 9.21. The Morgan fingerprint density at radius 2 is 1.89 bits per heavy atom. The van der Waals surface area contributed by atoms with Crippen LogP contribution in [0.4, 0.5) is 0 Å². The maximum Gasteiger partial charge on any atom is 0.150 e. The molecule has 1 N–H and O–H groups in total. The van der Waals surface area contributed by atoms with Crippen molar-refractivity contribution in [3.63, 3.8) is 0 Å². The highest BCUT2D eigenvalue weighted by molar-refractivity contribution is 7.91. The summed E-state index contributed by atoms with van der Waals surface area (Å²) in [6, 6.07) is 0.752. The van der Waals surface area contributed by atoms with E-state index in [1.165, 1.54) is 25.7 Å². The van der Waals surface area contributed by atoms with Gasteiger partial charge in [0, 0.05) is 18.3 Å². The normalized spacial score (nSPS) is 23.9. The third-order valence-corrected chi connectivity index (χ3v) is 6.37. The fourth-order valence-electron chi connectivity index (χ4n) is 2.72. The van der Waals surface area contributed by atoms with Gasteiger partial charge in [0.05, 0.1) is 5.75 Å². The Hall–Kier alpha value is -0.0900. The maximum atomic E-state index is 11.5. The number of hydrogen-bond donors (Lipinski definition) is 1. The molecule has 2 fully saturated rings. The zero-order chi connectivity index (χ0) is 13.2. The van der Waals surface area contributed by atoms with E-state index in [0.717, 1.165) is 31.3 Å². The third kappa shape index (κ3) is 4.23. The van der Waals surface area contributed by atoms with E-state index in [0.29, 0.717) is 11.2 Å². The molecule has 2 aliphatic carbocycles. The van der Waals surface area contributed by atoms with Crippen LogP contribution in [0.15, 0.2) is 0 Å².